The molecule has 0 saturated carbocycles. The maximum absolute atomic E-state index is 5.30. The molecule has 2 rings (SSSR count). The summed E-state index contributed by atoms with van der Waals surface area (Å²) >= 11 is 1.67. The van der Waals surface area contributed by atoms with Crippen molar-refractivity contribution in [2.45, 2.75) is 6.42 Å². The second-order valence-electron chi connectivity index (χ2n) is 3.60. The van der Waals surface area contributed by atoms with Crippen molar-refractivity contribution in [3.63, 3.8) is 0 Å². The zero-order chi connectivity index (χ0) is 11.9. The summed E-state index contributed by atoms with van der Waals surface area (Å²) in [5, 5.41) is 6.45. The topological polar surface area (TPSA) is 47.3 Å². The van der Waals surface area contributed by atoms with E-state index in [4.69, 9.17) is 9.15 Å². The van der Waals surface area contributed by atoms with Gasteiger partial charge in [-0.3, -0.25) is 0 Å². The first-order valence-electron chi connectivity index (χ1n) is 5.58. The van der Waals surface area contributed by atoms with Crippen molar-refractivity contribution in [1.29, 1.82) is 0 Å². The monoisotopic (exact) mass is 252 g/mol. The summed E-state index contributed by atoms with van der Waals surface area (Å²) in [7, 11) is 1.71. The van der Waals surface area contributed by atoms with E-state index in [0.29, 0.717) is 0 Å². The molecule has 92 valence electrons. The molecule has 0 aliphatic heterocycles. The molecule has 0 aliphatic rings. The van der Waals surface area contributed by atoms with E-state index in [1.54, 1.807) is 24.7 Å². The third-order valence-corrected chi connectivity index (χ3v) is 3.23. The Labute approximate surface area is 105 Å². The number of hydrogen-bond acceptors (Lipinski definition) is 5. The second-order valence-corrected chi connectivity index (χ2v) is 4.54. The van der Waals surface area contributed by atoms with Gasteiger partial charge in [-0.2, -0.15) is 0 Å². The lowest BCUT2D eigenvalue weighted by atomic mass is 10.3. The Hall–Kier alpha value is -1.17. The van der Waals surface area contributed by atoms with Crippen molar-refractivity contribution in [3.05, 3.63) is 28.8 Å². The van der Waals surface area contributed by atoms with Crippen LogP contribution in [0.15, 0.2) is 28.2 Å². The van der Waals surface area contributed by atoms with Gasteiger partial charge in [-0.25, -0.2) is 4.98 Å². The van der Waals surface area contributed by atoms with E-state index in [9.17, 15) is 0 Å². The molecule has 0 aromatic carbocycles. The highest BCUT2D eigenvalue weighted by Gasteiger charge is 2.06. The van der Waals surface area contributed by atoms with Crippen molar-refractivity contribution < 1.29 is 9.15 Å². The summed E-state index contributed by atoms with van der Waals surface area (Å²) in [5.41, 5.74) is 0.923. The van der Waals surface area contributed by atoms with Crippen LogP contribution in [-0.4, -0.2) is 31.8 Å². The average molecular weight is 252 g/mol. The number of methoxy groups -OCH3 is 1. The van der Waals surface area contributed by atoms with Gasteiger partial charge in [0, 0.05) is 32.0 Å². The molecule has 4 nitrogen and oxygen atoms in total. The lowest BCUT2D eigenvalue weighted by Crippen LogP contribution is -2.21. The highest BCUT2D eigenvalue weighted by Crippen LogP contribution is 2.22. The molecule has 0 saturated heterocycles. The van der Waals surface area contributed by atoms with Gasteiger partial charge in [0.25, 0.3) is 0 Å². The summed E-state index contributed by atoms with van der Waals surface area (Å²) in [6.45, 7) is 2.55. The number of aromatic nitrogens is 1. The van der Waals surface area contributed by atoms with Gasteiger partial charge in [-0.15, -0.1) is 11.3 Å². The summed E-state index contributed by atoms with van der Waals surface area (Å²) in [6.07, 6.45) is 2.61. The first kappa shape index (κ1) is 12.3. The van der Waals surface area contributed by atoms with Crippen LogP contribution in [0.3, 0.4) is 0 Å². The molecule has 0 amide bonds. The van der Waals surface area contributed by atoms with Crippen LogP contribution in [-0.2, 0) is 11.2 Å². The molecule has 0 unspecified atom stereocenters. The third kappa shape index (κ3) is 3.66. The van der Waals surface area contributed by atoms with E-state index in [1.165, 1.54) is 0 Å². The fraction of sp³-hybridized carbons (Fsp3) is 0.417. The Morgan fingerprint density at radius 2 is 2.41 bits per heavy atom. The summed E-state index contributed by atoms with van der Waals surface area (Å²) < 4.78 is 10.3. The van der Waals surface area contributed by atoms with Gasteiger partial charge in [0.05, 0.1) is 17.9 Å². The van der Waals surface area contributed by atoms with Gasteiger partial charge < -0.3 is 14.5 Å². The van der Waals surface area contributed by atoms with E-state index in [0.717, 1.165) is 42.6 Å². The predicted molar refractivity (Wildman–Crippen MR) is 68.3 cm³/mol. The molecular weight excluding hydrogens is 236 g/mol. The fourth-order valence-electron chi connectivity index (χ4n) is 1.46. The van der Waals surface area contributed by atoms with Crippen LogP contribution in [0.25, 0.3) is 11.5 Å². The van der Waals surface area contributed by atoms with E-state index in [1.807, 2.05) is 17.5 Å². The number of hydrogen-bond donors (Lipinski definition) is 1. The molecule has 2 aromatic rings. The normalized spacial score (nSPS) is 10.9. The van der Waals surface area contributed by atoms with Gasteiger partial charge in [0.2, 0.25) is 0 Å². The van der Waals surface area contributed by atoms with Crippen LogP contribution < -0.4 is 5.32 Å². The second kappa shape index (κ2) is 6.54. The average Bonchev–Trinajstić information content (AvgIpc) is 2.99. The summed E-state index contributed by atoms with van der Waals surface area (Å²) in [5.74, 6) is 0.833. The van der Waals surface area contributed by atoms with Crippen molar-refractivity contribution in [2.24, 2.45) is 0 Å². The Kier molecular flexibility index (Phi) is 4.73. The molecule has 0 radical (unpaired) electrons. The highest BCUT2D eigenvalue weighted by molar-refractivity contribution is 7.09. The van der Waals surface area contributed by atoms with Crippen LogP contribution >= 0.6 is 11.3 Å². The zero-order valence-electron chi connectivity index (χ0n) is 9.81. The number of nitrogens with zero attached hydrogens (tertiary/aromatic N) is 1. The molecule has 0 fully saturated rings. The van der Waals surface area contributed by atoms with Crippen molar-refractivity contribution in [1.82, 2.24) is 10.3 Å². The lowest BCUT2D eigenvalue weighted by molar-refractivity contribution is 0.199. The molecular formula is C12H16N2O2S. The Bertz CT molecular complexity index is 425. The number of thiazole rings is 1. The maximum Gasteiger partial charge on any atom is 0.153 e. The first-order valence-corrected chi connectivity index (χ1v) is 6.46. The molecule has 17 heavy (non-hydrogen) atoms. The quantitative estimate of drug-likeness (QED) is 0.767. The van der Waals surface area contributed by atoms with Crippen molar-refractivity contribution in [3.8, 4) is 11.5 Å². The fourth-order valence-corrected chi connectivity index (χ4v) is 2.25. The molecule has 1 N–H and O–H groups in total. The molecule has 5 heteroatoms. The van der Waals surface area contributed by atoms with Crippen LogP contribution in [0.4, 0.5) is 0 Å². The van der Waals surface area contributed by atoms with E-state index < -0.39 is 0 Å². The van der Waals surface area contributed by atoms with Crippen LogP contribution in [0.5, 0.6) is 0 Å². The number of furan rings is 1. The highest BCUT2D eigenvalue weighted by atomic mass is 32.1. The molecule has 0 atom stereocenters. The van der Waals surface area contributed by atoms with Gasteiger partial charge >= 0.3 is 0 Å². The van der Waals surface area contributed by atoms with E-state index in [-0.39, 0.29) is 0 Å². The Morgan fingerprint density at radius 3 is 3.18 bits per heavy atom. The molecule has 2 aromatic heterocycles. The lowest BCUT2D eigenvalue weighted by Gasteiger charge is -2.01. The third-order valence-electron chi connectivity index (χ3n) is 2.32. The maximum atomic E-state index is 5.30. The standard InChI is InChI=1S/C12H16N2O2S/c1-15-8-6-13-5-4-12-14-10(9-17-12)11-3-2-7-16-11/h2-3,7,9,13H,4-6,8H2,1H3. The number of ether oxygens (including phenoxy) is 1. The minimum Gasteiger partial charge on any atom is -0.463 e. The van der Waals surface area contributed by atoms with Crippen LogP contribution in [0, 0.1) is 0 Å². The Balaban J connectivity index is 1.79. The van der Waals surface area contributed by atoms with Crippen molar-refractivity contribution in [2.75, 3.05) is 26.8 Å². The predicted octanol–water partition coefficient (Wildman–Crippen LogP) is 2.18. The molecule has 0 aliphatic carbocycles. The minimum atomic E-state index is 0.746. The zero-order valence-corrected chi connectivity index (χ0v) is 10.6. The smallest absolute Gasteiger partial charge is 0.153 e. The van der Waals surface area contributed by atoms with E-state index >= 15 is 0 Å². The largest absolute Gasteiger partial charge is 0.463 e. The first-order chi connectivity index (χ1) is 8.40. The van der Waals surface area contributed by atoms with Crippen LogP contribution in [0.1, 0.15) is 5.01 Å². The minimum absolute atomic E-state index is 0.746. The summed E-state index contributed by atoms with van der Waals surface area (Å²) in [4.78, 5) is 4.52. The molecule has 0 spiro atoms. The van der Waals surface area contributed by atoms with Crippen molar-refractivity contribution >= 4 is 11.3 Å². The van der Waals surface area contributed by atoms with Gasteiger partial charge in [0.1, 0.15) is 5.69 Å². The molecule has 2 heterocycles. The number of nitrogens with one attached hydrogen (secondary N) is 1. The summed E-state index contributed by atoms with van der Waals surface area (Å²) in [6, 6.07) is 3.80. The van der Waals surface area contributed by atoms with Crippen LogP contribution in [0.2, 0.25) is 0 Å². The Morgan fingerprint density at radius 1 is 1.47 bits per heavy atom. The number of rotatable bonds is 7. The van der Waals surface area contributed by atoms with Gasteiger partial charge in [-0.1, -0.05) is 0 Å². The van der Waals surface area contributed by atoms with E-state index in [2.05, 4.69) is 10.3 Å². The molecule has 0 bridgehead atoms. The van der Waals surface area contributed by atoms with Gasteiger partial charge in [0.15, 0.2) is 5.76 Å². The SMILES string of the molecule is COCCNCCc1nc(-c2ccco2)cs1. The van der Waals surface area contributed by atoms with Gasteiger partial charge in [-0.05, 0) is 12.1 Å².